The van der Waals surface area contributed by atoms with Gasteiger partial charge in [0.05, 0.1) is 11.1 Å². The number of carbonyl (C=O) groups is 2. The lowest BCUT2D eigenvalue weighted by molar-refractivity contribution is 0.0398. The minimum Gasteiger partial charge on any atom is -0.386 e. The Hall–Kier alpha value is -2.42. The van der Waals surface area contributed by atoms with Gasteiger partial charge in [0, 0.05) is 0 Å². The quantitative estimate of drug-likeness (QED) is 0.577. The highest BCUT2D eigenvalue weighted by Crippen LogP contribution is 2.15. The number of esters is 2. The largest absolute Gasteiger partial charge is 0.386 e. The van der Waals surface area contributed by atoms with Crippen LogP contribution in [0.1, 0.15) is 59.2 Å². The van der Waals surface area contributed by atoms with Gasteiger partial charge in [0.25, 0.3) is 0 Å². The zero-order chi connectivity index (χ0) is 16.3. The third kappa shape index (κ3) is 6.07. The minimum atomic E-state index is -0.639. The molecular formula is C20H22O3. The summed E-state index contributed by atoms with van der Waals surface area (Å²) in [5.41, 5.74) is 0.716. The van der Waals surface area contributed by atoms with E-state index in [2.05, 4.69) is 0 Å². The van der Waals surface area contributed by atoms with Crippen LogP contribution in [0.15, 0.2) is 60.7 Å². The molecule has 0 bridgehead atoms. The third-order valence-electron chi connectivity index (χ3n) is 3.70. The Morgan fingerprint density at radius 3 is 1.17 bits per heavy atom. The van der Waals surface area contributed by atoms with Gasteiger partial charge < -0.3 is 4.74 Å². The van der Waals surface area contributed by atoms with E-state index in [-0.39, 0.29) is 0 Å². The van der Waals surface area contributed by atoms with Crippen LogP contribution in [0.2, 0.25) is 0 Å². The monoisotopic (exact) mass is 310 g/mol. The Morgan fingerprint density at radius 1 is 0.565 bits per heavy atom. The summed E-state index contributed by atoms with van der Waals surface area (Å²) in [6.45, 7) is 0. The van der Waals surface area contributed by atoms with Crippen LogP contribution in [0, 0.1) is 0 Å². The maximum atomic E-state index is 11.6. The van der Waals surface area contributed by atoms with E-state index in [1.165, 1.54) is 38.5 Å². The molecule has 2 aromatic carbocycles. The van der Waals surface area contributed by atoms with E-state index in [1.54, 1.807) is 60.7 Å². The first kappa shape index (κ1) is 16.9. The summed E-state index contributed by atoms with van der Waals surface area (Å²) in [6, 6.07) is 16.8. The molecule has 0 saturated heterocycles. The third-order valence-corrected chi connectivity index (χ3v) is 3.70. The van der Waals surface area contributed by atoms with E-state index in [0.717, 1.165) is 0 Å². The molecule has 0 atom stereocenters. The van der Waals surface area contributed by atoms with E-state index in [9.17, 15) is 9.59 Å². The smallest absolute Gasteiger partial charge is 0.346 e. The van der Waals surface area contributed by atoms with Crippen molar-refractivity contribution in [3.8, 4) is 0 Å². The van der Waals surface area contributed by atoms with Gasteiger partial charge in [-0.3, -0.25) is 0 Å². The van der Waals surface area contributed by atoms with Crippen molar-refractivity contribution >= 4 is 11.9 Å². The van der Waals surface area contributed by atoms with Crippen molar-refractivity contribution in [2.45, 2.75) is 38.5 Å². The predicted molar refractivity (Wildman–Crippen MR) is 90.3 cm³/mol. The Labute approximate surface area is 137 Å². The fourth-order valence-corrected chi connectivity index (χ4v) is 2.41. The lowest BCUT2D eigenvalue weighted by Crippen LogP contribution is -2.12. The molecule has 0 unspecified atom stereocenters. The van der Waals surface area contributed by atoms with Crippen molar-refractivity contribution in [2.75, 3.05) is 0 Å². The summed E-state index contributed by atoms with van der Waals surface area (Å²) in [4.78, 5) is 23.2. The fourth-order valence-electron chi connectivity index (χ4n) is 2.41. The molecule has 0 aliphatic heterocycles. The second kappa shape index (κ2) is 9.57. The number of carbonyl (C=O) groups excluding carboxylic acids is 2. The summed E-state index contributed by atoms with van der Waals surface area (Å²) in [5.74, 6) is -1.28. The molecule has 1 saturated carbocycles. The Balaban J connectivity index is 0.000000268. The molecule has 0 spiro atoms. The minimum absolute atomic E-state index is 0.358. The van der Waals surface area contributed by atoms with Gasteiger partial charge in [0.1, 0.15) is 0 Å². The average molecular weight is 310 g/mol. The first-order valence-corrected chi connectivity index (χ1v) is 8.14. The molecule has 0 N–H and O–H groups in total. The summed E-state index contributed by atoms with van der Waals surface area (Å²) in [7, 11) is 0. The van der Waals surface area contributed by atoms with Gasteiger partial charge in [-0.1, -0.05) is 74.9 Å². The molecule has 3 heteroatoms. The number of hydrogen-bond acceptors (Lipinski definition) is 3. The first-order valence-electron chi connectivity index (χ1n) is 8.14. The van der Waals surface area contributed by atoms with Gasteiger partial charge in [0.15, 0.2) is 0 Å². The van der Waals surface area contributed by atoms with Crippen molar-refractivity contribution in [1.82, 2.24) is 0 Å². The predicted octanol–water partition coefficient (Wildman–Crippen LogP) is 5.02. The van der Waals surface area contributed by atoms with E-state index < -0.39 is 11.9 Å². The lowest BCUT2D eigenvalue weighted by Gasteiger charge is -2.05. The van der Waals surface area contributed by atoms with Gasteiger partial charge in [-0.05, 0) is 24.3 Å². The van der Waals surface area contributed by atoms with Crippen LogP contribution in [-0.4, -0.2) is 11.9 Å². The number of ether oxygens (including phenoxy) is 1. The Bertz CT molecular complexity index is 540. The molecule has 3 rings (SSSR count). The van der Waals surface area contributed by atoms with E-state index >= 15 is 0 Å². The van der Waals surface area contributed by atoms with Crippen LogP contribution in [0.25, 0.3) is 0 Å². The van der Waals surface area contributed by atoms with Crippen LogP contribution in [-0.2, 0) is 4.74 Å². The van der Waals surface area contributed by atoms with Crippen molar-refractivity contribution in [1.29, 1.82) is 0 Å². The maximum absolute atomic E-state index is 11.6. The highest BCUT2D eigenvalue weighted by atomic mass is 16.6. The number of benzene rings is 2. The molecule has 2 aromatic rings. The van der Waals surface area contributed by atoms with Crippen LogP contribution >= 0.6 is 0 Å². The SMILES string of the molecule is C1CCCCC1.O=C(OC(=O)c1ccccc1)c1ccccc1. The second-order valence-electron chi connectivity index (χ2n) is 5.53. The average Bonchev–Trinajstić information content (AvgIpc) is 2.65. The zero-order valence-electron chi connectivity index (χ0n) is 13.2. The molecule has 23 heavy (non-hydrogen) atoms. The molecule has 0 aromatic heterocycles. The molecular weight excluding hydrogens is 288 g/mol. The summed E-state index contributed by atoms with van der Waals surface area (Å²) in [6.07, 6.45) is 9.00. The van der Waals surface area contributed by atoms with E-state index in [4.69, 9.17) is 4.74 Å². The van der Waals surface area contributed by atoms with Gasteiger partial charge in [-0.25, -0.2) is 9.59 Å². The Kier molecular flexibility index (Phi) is 7.05. The summed E-state index contributed by atoms with van der Waals surface area (Å²) < 4.78 is 4.74. The second-order valence-corrected chi connectivity index (χ2v) is 5.53. The molecule has 0 heterocycles. The molecule has 1 aliphatic rings. The molecule has 1 fully saturated rings. The van der Waals surface area contributed by atoms with Gasteiger partial charge >= 0.3 is 11.9 Å². The highest BCUT2D eigenvalue weighted by molar-refractivity contribution is 6.02. The van der Waals surface area contributed by atoms with Crippen LogP contribution < -0.4 is 0 Å². The van der Waals surface area contributed by atoms with Crippen LogP contribution in [0.5, 0.6) is 0 Å². The van der Waals surface area contributed by atoms with E-state index in [0.29, 0.717) is 11.1 Å². The molecule has 3 nitrogen and oxygen atoms in total. The molecule has 120 valence electrons. The van der Waals surface area contributed by atoms with Crippen LogP contribution in [0.4, 0.5) is 0 Å². The molecule has 1 aliphatic carbocycles. The van der Waals surface area contributed by atoms with Crippen molar-refractivity contribution in [2.24, 2.45) is 0 Å². The fraction of sp³-hybridized carbons (Fsp3) is 0.300. The Morgan fingerprint density at radius 2 is 0.870 bits per heavy atom. The van der Waals surface area contributed by atoms with E-state index in [1.807, 2.05) is 0 Å². The van der Waals surface area contributed by atoms with Gasteiger partial charge in [-0.2, -0.15) is 0 Å². The topological polar surface area (TPSA) is 43.4 Å². The molecule has 0 amide bonds. The number of rotatable bonds is 2. The maximum Gasteiger partial charge on any atom is 0.346 e. The number of hydrogen-bond donors (Lipinski definition) is 0. The van der Waals surface area contributed by atoms with Crippen molar-refractivity contribution in [3.63, 3.8) is 0 Å². The normalized spacial score (nSPS) is 13.4. The first-order chi connectivity index (χ1) is 11.3. The highest BCUT2D eigenvalue weighted by Gasteiger charge is 2.13. The zero-order valence-corrected chi connectivity index (χ0v) is 13.2. The summed E-state index contributed by atoms with van der Waals surface area (Å²) in [5, 5.41) is 0. The van der Waals surface area contributed by atoms with Gasteiger partial charge in [0.2, 0.25) is 0 Å². The lowest BCUT2D eigenvalue weighted by atomic mass is 10.0. The standard InChI is InChI=1S/C14H10O3.C6H12/c15-13(11-7-3-1-4-8-11)17-14(16)12-9-5-2-6-10-12;1-2-4-6-5-3-1/h1-10H;1-6H2. The van der Waals surface area contributed by atoms with Crippen molar-refractivity contribution < 1.29 is 14.3 Å². The van der Waals surface area contributed by atoms with Gasteiger partial charge in [-0.15, -0.1) is 0 Å². The van der Waals surface area contributed by atoms with Crippen LogP contribution in [0.3, 0.4) is 0 Å². The molecule has 0 radical (unpaired) electrons. The summed E-state index contributed by atoms with van der Waals surface area (Å²) >= 11 is 0. The van der Waals surface area contributed by atoms with Crippen molar-refractivity contribution in [3.05, 3.63) is 71.8 Å².